The zero-order valence-electron chi connectivity index (χ0n) is 15.9. The Labute approximate surface area is 155 Å². The highest BCUT2D eigenvalue weighted by Crippen LogP contribution is 2.46. The van der Waals surface area contributed by atoms with Crippen LogP contribution in [0.4, 0.5) is 5.82 Å². The largest absolute Gasteiger partial charge is 0.357 e. The summed E-state index contributed by atoms with van der Waals surface area (Å²) in [5.74, 6) is 3.80. The summed E-state index contributed by atoms with van der Waals surface area (Å²) >= 11 is 0. The van der Waals surface area contributed by atoms with Crippen LogP contribution in [-0.4, -0.2) is 46.6 Å². The van der Waals surface area contributed by atoms with Crippen LogP contribution in [-0.2, 0) is 0 Å². The second-order valence-electron chi connectivity index (χ2n) is 7.86. The highest BCUT2D eigenvalue weighted by Gasteiger charge is 2.50. The van der Waals surface area contributed by atoms with Gasteiger partial charge in [0.05, 0.1) is 0 Å². The first-order chi connectivity index (χ1) is 12.6. The summed E-state index contributed by atoms with van der Waals surface area (Å²) in [4.78, 5) is 7.06. The van der Waals surface area contributed by atoms with Gasteiger partial charge < -0.3 is 15.5 Å². The second-order valence-corrected chi connectivity index (χ2v) is 7.86. The van der Waals surface area contributed by atoms with Gasteiger partial charge in [-0.2, -0.15) is 5.10 Å². The van der Waals surface area contributed by atoms with Gasteiger partial charge in [-0.15, -0.1) is 0 Å². The van der Waals surface area contributed by atoms with Crippen LogP contribution in [0.5, 0.6) is 0 Å². The molecule has 3 aliphatic rings. The van der Waals surface area contributed by atoms with Crippen molar-refractivity contribution in [3.63, 3.8) is 0 Å². The fraction of sp³-hybridized carbons (Fsp3) is 0.600. The van der Waals surface area contributed by atoms with Crippen LogP contribution in [0.15, 0.2) is 35.6 Å². The molecule has 2 aliphatic carbocycles. The third-order valence-corrected chi connectivity index (χ3v) is 6.07. The van der Waals surface area contributed by atoms with Gasteiger partial charge in [0.25, 0.3) is 0 Å². The number of likely N-dealkylation sites (tertiary alicyclic amines) is 1. The standard InChI is InChI=1S/C20H30N6/c1-4-5-18(23-19-12-17(24-25-19)15-6-7-15)22-14(2)26-11-8-16(13-26)20(21-3)9-10-20/h4-5,12,15-16,21H,2,6-11,13H2,1,3H3,(H2,22,23,24,25)/b5-4-. The topological polar surface area (TPSA) is 68.3 Å². The molecule has 1 aliphatic heterocycles. The van der Waals surface area contributed by atoms with Crippen molar-refractivity contribution in [3.05, 3.63) is 36.3 Å². The van der Waals surface area contributed by atoms with Crippen molar-refractivity contribution in [1.29, 1.82) is 0 Å². The van der Waals surface area contributed by atoms with Gasteiger partial charge in [0.15, 0.2) is 5.82 Å². The zero-order chi connectivity index (χ0) is 18.1. The number of anilines is 1. The average molecular weight is 355 g/mol. The number of nitrogens with one attached hydrogen (secondary N) is 3. The van der Waals surface area contributed by atoms with Gasteiger partial charge in [-0.1, -0.05) is 12.7 Å². The van der Waals surface area contributed by atoms with E-state index in [-0.39, 0.29) is 0 Å². The van der Waals surface area contributed by atoms with Gasteiger partial charge >= 0.3 is 0 Å². The third-order valence-electron chi connectivity index (χ3n) is 6.07. The van der Waals surface area contributed by atoms with E-state index in [1.807, 2.05) is 19.1 Å². The molecular weight excluding hydrogens is 324 g/mol. The van der Waals surface area contributed by atoms with Crippen LogP contribution in [0.25, 0.3) is 0 Å². The Balaban J connectivity index is 1.40. The maximum Gasteiger partial charge on any atom is 0.153 e. The Morgan fingerprint density at radius 1 is 1.42 bits per heavy atom. The summed E-state index contributed by atoms with van der Waals surface area (Å²) in [6.45, 7) is 8.30. The minimum atomic E-state index is 0.372. The number of hydrogen-bond acceptors (Lipinski definition) is 4. The molecule has 0 spiro atoms. The van der Waals surface area contributed by atoms with E-state index in [0.717, 1.165) is 30.6 Å². The predicted molar refractivity (Wildman–Crippen MR) is 106 cm³/mol. The summed E-state index contributed by atoms with van der Waals surface area (Å²) in [5.41, 5.74) is 1.59. The third kappa shape index (κ3) is 3.56. The normalized spacial score (nSPS) is 25.1. The molecule has 1 saturated heterocycles. The van der Waals surface area contributed by atoms with E-state index in [0.29, 0.717) is 17.4 Å². The van der Waals surface area contributed by atoms with E-state index >= 15 is 0 Å². The molecule has 0 radical (unpaired) electrons. The molecule has 1 aromatic rings. The van der Waals surface area contributed by atoms with Crippen molar-refractivity contribution in [1.82, 2.24) is 20.4 Å². The number of H-pyrrole nitrogens is 1. The molecule has 140 valence electrons. The Morgan fingerprint density at radius 3 is 2.88 bits per heavy atom. The van der Waals surface area contributed by atoms with Crippen molar-refractivity contribution in [2.24, 2.45) is 10.9 Å². The summed E-state index contributed by atoms with van der Waals surface area (Å²) < 4.78 is 0. The molecule has 26 heavy (non-hydrogen) atoms. The van der Waals surface area contributed by atoms with Crippen LogP contribution < -0.4 is 10.6 Å². The second kappa shape index (κ2) is 6.91. The average Bonchev–Trinajstić information content (AvgIpc) is 3.55. The van der Waals surface area contributed by atoms with Crippen molar-refractivity contribution in [2.45, 2.75) is 50.5 Å². The molecule has 0 amide bonds. The quantitative estimate of drug-likeness (QED) is 0.519. The van der Waals surface area contributed by atoms with Crippen molar-refractivity contribution >= 4 is 11.7 Å². The molecule has 1 atom stereocenters. The maximum absolute atomic E-state index is 4.75. The first kappa shape index (κ1) is 17.3. The Bertz CT molecular complexity index is 722. The van der Waals surface area contributed by atoms with Crippen molar-refractivity contribution in [2.75, 3.05) is 25.5 Å². The molecule has 4 rings (SSSR count). The van der Waals surface area contributed by atoms with Gasteiger partial charge in [-0.3, -0.25) is 5.10 Å². The Morgan fingerprint density at radius 2 is 2.23 bits per heavy atom. The van der Waals surface area contributed by atoms with E-state index in [2.05, 4.69) is 45.4 Å². The van der Waals surface area contributed by atoms with E-state index in [4.69, 9.17) is 4.99 Å². The van der Waals surface area contributed by atoms with E-state index < -0.39 is 0 Å². The number of nitrogens with zero attached hydrogens (tertiary/aromatic N) is 3. The van der Waals surface area contributed by atoms with Gasteiger partial charge in [0, 0.05) is 36.3 Å². The summed E-state index contributed by atoms with van der Waals surface area (Å²) in [6.07, 6.45) is 10.3. The van der Waals surface area contributed by atoms with Gasteiger partial charge in [-0.25, -0.2) is 4.99 Å². The minimum Gasteiger partial charge on any atom is -0.357 e. The van der Waals surface area contributed by atoms with E-state index in [9.17, 15) is 0 Å². The molecule has 0 aromatic carbocycles. The number of allylic oxidation sites excluding steroid dienone is 1. The van der Waals surface area contributed by atoms with Crippen LogP contribution in [0.2, 0.25) is 0 Å². The summed E-state index contributed by atoms with van der Waals surface area (Å²) in [6, 6.07) is 2.09. The molecule has 6 nitrogen and oxygen atoms in total. The lowest BCUT2D eigenvalue weighted by Crippen LogP contribution is -2.37. The van der Waals surface area contributed by atoms with Crippen LogP contribution in [0, 0.1) is 5.92 Å². The Kier molecular flexibility index (Phi) is 4.61. The SMILES string of the molecule is C=C(/N=C(\C=C/C)Nc1cc(C2CC2)[nH]n1)N1CCC(C2(NC)CC2)C1. The Hall–Kier alpha value is -2.08. The van der Waals surface area contributed by atoms with E-state index in [1.54, 1.807) is 0 Å². The zero-order valence-corrected chi connectivity index (χ0v) is 15.9. The summed E-state index contributed by atoms with van der Waals surface area (Å²) in [5, 5.41) is 14.4. The molecule has 3 fully saturated rings. The minimum absolute atomic E-state index is 0.372. The first-order valence-corrected chi connectivity index (χ1v) is 9.80. The molecule has 2 heterocycles. The fourth-order valence-electron chi connectivity index (χ4n) is 4.05. The van der Waals surface area contributed by atoms with Crippen LogP contribution in [0.3, 0.4) is 0 Å². The molecule has 3 N–H and O–H groups in total. The lowest BCUT2D eigenvalue weighted by molar-refractivity contribution is 0.336. The predicted octanol–water partition coefficient (Wildman–Crippen LogP) is 3.22. The van der Waals surface area contributed by atoms with Gasteiger partial charge in [-0.05, 0) is 58.1 Å². The fourth-order valence-corrected chi connectivity index (χ4v) is 4.05. The molecule has 1 unspecified atom stereocenters. The highest BCUT2D eigenvalue weighted by atomic mass is 15.3. The number of aliphatic imine (C=N–C) groups is 1. The highest BCUT2D eigenvalue weighted by molar-refractivity contribution is 6.03. The molecule has 1 aromatic heterocycles. The lowest BCUT2D eigenvalue weighted by Gasteiger charge is -2.23. The maximum atomic E-state index is 4.75. The number of hydrogen-bond donors (Lipinski definition) is 3. The monoisotopic (exact) mass is 354 g/mol. The summed E-state index contributed by atoms with van der Waals surface area (Å²) in [7, 11) is 2.09. The molecule has 2 saturated carbocycles. The van der Waals surface area contributed by atoms with Crippen molar-refractivity contribution < 1.29 is 0 Å². The first-order valence-electron chi connectivity index (χ1n) is 9.80. The van der Waals surface area contributed by atoms with Crippen molar-refractivity contribution in [3.8, 4) is 0 Å². The number of aromatic amines is 1. The van der Waals surface area contributed by atoms with E-state index in [1.165, 1.54) is 37.8 Å². The van der Waals surface area contributed by atoms with Gasteiger partial charge in [0.1, 0.15) is 11.7 Å². The smallest absolute Gasteiger partial charge is 0.153 e. The number of rotatable bonds is 7. The molecule has 0 bridgehead atoms. The molecule has 6 heteroatoms. The van der Waals surface area contributed by atoms with Crippen LogP contribution in [0.1, 0.15) is 50.6 Å². The number of amidine groups is 1. The van der Waals surface area contributed by atoms with Crippen LogP contribution >= 0.6 is 0 Å². The lowest BCUT2D eigenvalue weighted by atomic mass is 9.97. The van der Waals surface area contributed by atoms with Gasteiger partial charge in [0.2, 0.25) is 0 Å². The molecular formula is C20H30N6. The number of aromatic nitrogens is 2.